The van der Waals surface area contributed by atoms with E-state index in [1.807, 2.05) is 6.07 Å². The van der Waals surface area contributed by atoms with Gasteiger partial charge in [0.15, 0.2) is 17.8 Å². The van der Waals surface area contributed by atoms with Crippen LogP contribution in [0.1, 0.15) is 175 Å². The Morgan fingerprint density at radius 2 is 1.60 bits per heavy atom. The van der Waals surface area contributed by atoms with Crippen LogP contribution in [0.4, 0.5) is 0 Å². The molecular formula is C75H78O11. The van der Waals surface area contributed by atoms with Gasteiger partial charge < -0.3 is 38.7 Å². The summed E-state index contributed by atoms with van der Waals surface area (Å²) in [6.07, 6.45) is 20.5. The second-order valence-corrected chi connectivity index (χ2v) is 26.1. The lowest BCUT2D eigenvalue weighted by Gasteiger charge is -2.53. The van der Waals surface area contributed by atoms with Crippen LogP contribution in [0.5, 0.6) is 5.75 Å². The molecule has 0 radical (unpaired) electrons. The summed E-state index contributed by atoms with van der Waals surface area (Å²) in [5.41, 5.74) is 9.30. The highest BCUT2D eigenvalue weighted by Crippen LogP contribution is 2.64. The van der Waals surface area contributed by atoms with Crippen LogP contribution in [0.2, 0.25) is 0 Å². The molecule has 9 aliphatic rings. The fraction of sp³-hybridized carbons (Fsp3) is 0.427. The van der Waals surface area contributed by atoms with E-state index in [1.54, 1.807) is 13.0 Å². The Balaban J connectivity index is 0.915. The van der Waals surface area contributed by atoms with E-state index < -0.39 is 47.9 Å². The Hall–Kier alpha value is -7.15. The third kappa shape index (κ3) is 9.49. The van der Waals surface area contributed by atoms with Crippen LogP contribution in [0, 0.1) is 29.6 Å². The topological polar surface area (TPSA) is 162 Å². The average molecular weight is 1160 g/mol. The minimum absolute atomic E-state index is 0.0104. The van der Waals surface area contributed by atoms with Gasteiger partial charge in [-0.05, 0) is 168 Å². The molecule has 13 unspecified atom stereocenters. The van der Waals surface area contributed by atoms with Crippen molar-refractivity contribution >= 4 is 35.1 Å². The molecule has 11 heteroatoms. The molecule has 1 aromatic heterocycles. The van der Waals surface area contributed by atoms with E-state index in [2.05, 4.69) is 134 Å². The third-order valence-corrected chi connectivity index (χ3v) is 21.9. The molecule has 0 saturated heterocycles. The summed E-state index contributed by atoms with van der Waals surface area (Å²) in [5, 5.41) is 32.7. The lowest BCUT2D eigenvalue weighted by molar-refractivity contribution is -0.212. The van der Waals surface area contributed by atoms with E-state index in [1.165, 1.54) is 46.9 Å². The summed E-state index contributed by atoms with van der Waals surface area (Å²) in [4.78, 5) is 46.2. The number of methoxy groups -OCH3 is 1. The maximum Gasteiger partial charge on any atom is 0.340 e. The highest BCUT2D eigenvalue weighted by molar-refractivity contribution is 5.91. The fourth-order valence-corrected chi connectivity index (χ4v) is 17.9. The summed E-state index contributed by atoms with van der Waals surface area (Å²) in [5.74, 6) is -1.09. The van der Waals surface area contributed by atoms with Crippen LogP contribution in [-0.4, -0.2) is 65.9 Å². The summed E-state index contributed by atoms with van der Waals surface area (Å²) in [6, 6.07) is 38.8. The predicted octanol–water partition coefficient (Wildman–Crippen LogP) is 13.6. The molecule has 15 rings (SSSR count). The molecule has 11 nitrogen and oxygen atoms in total. The number of aryl methyl sites for hydroxylation is 1. The molecule has 4 heterocycles. The zero-order valence-electron chi connectivity index (χ0n) is 49.3. The van der Waals surface area contributed by atoms with Crippen molar-refractivity contribution in [3.8, 4) is 5.75 Å². The molecule has 0 amide bonds. The number of hydrogen-bond acceptors (Lipinski definition) is 11. The minimum Gasteiger partial charge on any atom is -0.482 e. The van der Waals surface area contributed by atoms with E-state index in [0.717, 1.165) is 49.7 Å². The second kappa shape index (κ2) is 23.2. The molecule has 3 aliphatic heterocycles. The summed E-state index contributed by atoms with van der Waals surface area (Å²) in [7, 11) is 1.52. The smallest absolute Gasteiger partial charge is 0.340 e. The normalized spacial score (nSPS) is 30.8. The van der Waals surface area contributed by atoms with E-state index in [4.69, 9.17) is 23.4 Å². The number of hydrogen-bond donors (Lipinski definition) is 3. The van der Waals surface area contributed by atoms with Crippen LogP contribution in [0.3, 0.4) is 0 Å². The quantitative estimate of drug-likeness (QED) is 0.0547. The molecule has 2 bridgehead atoms. The first-order chi connectivity index (χ1) is 42.0. The molecule has 6 aliphatic carbocycles. The van der Waals surface area contributed by atoms with Crippen molar-refractivity contribution < 1.29 is 48.3 Å². The summed E-state index contributed by atoms with van der Waals surface area (Å²) in [6.45, 7) is 0.697. The van der Waals surface area contributed by atoms with Gasteiger partial charge >= 0.3 is 17.6 Å². The van der Waals surface area contributed by atoms with E-state index in [-0.39, 0.29) is 103 Å². The minimum atomic E-state index is -1.35. The molecule has 5 aromatic carbocycles. The predicted molar refractivity (Wildman–Crippen MR) is 331 cm³/mol. The summed E-state index contributed by atoms with van der Waals surface area (Å²) >= 11 is 0. The first kappa shape index (κ1) is 56.6. The number of allylic oxidation sites excluding steroid dienone is 4. The maximum atomic E-state index is 15.9. The average Bonchev–Trinajstić information content (AvgIpc) is 1.32. The molecular weight excluding hydrogens is 1080 g/mol. The van der Waals surface area contributed by atoms with Gasteiger partial charge in [0.25, 0.3) is 0 Å². The van der Waals surface area contributed by atoms with E-state index in [9.17, 15) is 20.1 Å². The van der Waals surface area contributed by atoms with E-state index >= 15 is 9.59 Å². The van der Waals surface area contributed by atoms with Gasteiger partial charge in [0.1, 0.15) is 11.3 Å². The molecule has 6 aromatic rings. The van der Waals surface area contributed by atoms with Gasteiger partial charge in [0, 0.05) is 65.7 Å². The Morgan fingerprint density at radius 1 is 0.779 bits per heavy atom. The first-order valence-corrected chi connectivity index (χ1v) is 31.7. The third-order valence-electron chi connectivity index (χ3n) is 21.9. The lowest BCUT2D eigenvalue weighted by Crippen LogP contribution is -2.62. The highest BCUT2D eigenvalue weighted by atomic mass is 16.6. The largest absolute Gasteiger partial charge is 0.482 e. The zero-order chi connectivity index (χ0) is 58.8. The van der Waals surface area contributed by atoms with Crippen molar-refractivity contribution in [2.75, 3.05) is 26.9 Å². The highest BCUT2D eigenvalue weighted by Gasteiger charge is 2.65. The van der Waals surface area contributed by atoms with Crippen LogP contribution < -0.4 is 10.4 Å². The van der Waals surface area contributed by atoms with Gasteiger partial charge in [-0.25, -0.2) is 9.59 Å². The Bertz CT molecular complexity index is 3780. The molecule has 86 heavy (non-hydrogen) atoms. The monoisotopic (exact) mass is 1150 g/mol. The van der Waals surface area contributed by atoms with Crippen molar-refractivity contribution in [2.24, 2.45) is 29.6 Å². The van der Waals surface area contributed by atoms with E-state index in [0.29, 0.717) is 53.0 Å². The molecule has 3 saturated carbocycles. The number of aliphatic hydroxyl groups is 3. The van der Waals surface area contributed by atoms with Crippen molar-refractivity contribution in [1.29, 1.82) is 0 Å². The van der Waals surface area contributed by atoms with Crippen LogP contribution in [0.15, 0.2) is 154 Å². The fourth-order valence-electron chi connectivity index (χ4n) is 17.9. The van der Waals surface area contributed by atoms with Crippen LogP contribution >= 0.6 is 0 Å². The Labute approximate surface area is 503 Å². The number of carbonyl (C=O) groups is 2. The number of aliphatic hydroxyl groups excluding tert-OH is 3. The Morgan fingerprint density at radius 3 is 2.43 bits per heavy atom. The van der Waals surface area contributed by atoms with Gasteiger partial charge in [-0.2, -0.15) is 0 Å². The molecule has 3 N–H and O–H groups in total. The molecule has 1 spiro atoms. The van der Waals surface area contributed by atoms with Crippen LogP contribution in [-0.2, 0) is 42.2 Å². The number of benzene rings is 5. The number of rotatable bonds is 9. The van der Waals surface area contributed by atoms with Crippen molar-refractivity contribution in [2.45, 2.75) is 144 Å². The van der Waals surface area contributed by atoms with Crippen LogP contribution in [0.25, 0.3) is 23.1 Å². The van der Waals surface area contributed by atoms with Gasteiger partial charge in [0.05, 0.1) is 25.4 Å². The number of fused-ring (bicyclic) bond motifs is 20. The first-order valence-electron chi connectivity index (χ1n) is 31.7. The number of carbonyl (C=O) groups excluding carboxylic acids is 2. The van der Waals surface area contributed by atoms with Crippen molar-refractivity contribution in [1.82, 2.24) is 0 Å². The number of ether oxygens (including phenoxy) is 4. The second-order valence-electron chi connectivity index (χ2n) is 26.1. The molecule has 13 atom stereocenters. The molecule has 444 valence electrons. The Kier molecular flexibility index (Phi) is 15.3. The van der Waals surface area contributed by atoms with Gasteiger partial charge in [0.2, 0.25) is 0 Å². The zero-order valence-corrected chi connectivity index (χ0v) is 49.3. The lowest BCUT2D eigenvalue weighted by atomic mass is 9.56. The standard InChI is InChI=1S/C75H78O11/c1-44(41-77)55-28-21-45-19-22-47(23-20-45)56-29-26-50(49-13-9-15-54(38-49)74-34-8-7-14-53(74)27-24-48-12-4-6-18-63(48)74)37-52(56)39-66(79)83-70-68-65(32-31-60-62(42-78)67(73(81)84-69(60)68)51(33-36-76)43-82-2)86-75(71(70)85-72(55)80)35-10-17-59-58-30-25-46-11-3-5-16-57(46)61(58)40-64(59)75/h3-6,9,11-13,15-16,18-20,22-27,29-32,38,50-53,56,58-59,61,64,70-71,76-78H,7-8,10,14,17,21,28,33-37,39-43H2,1-2H3. The summed E-state index contributed by atoms with van der Waals surface area (Å²) < 4.78 is 34.1. The van der Waals surface area contributed by atoms with Crippen molar-refractivity contribution in [3.63, 3.8) is 0 Å². The number of esters is 2. The SMILES string of the molecule is COCC(CCO)c1c(CO)c2ccc3c(c2oc1=O)C1OC(=O)CC2CC(c4cccc(C56CCCCC5C=Cc5ccccc56)c4)C=CC2c2ccc(cc2)CCC(=C(C)CO)C(=O)OC1C1(CCCC2C4C=Cc5ccccc5C4CC21)O3. The van der Waals surface area contributed by atoms with Crippen molar-refractivity contribution in [3.05, 3.63) is 216 Å². The molecule has 3 fully saturated rings. The van der Waals surface area contributed by atoms with Gasteiger partial charge in [-0.1, -0.05) is 146 Å². The van der Waals surface area contributed by atoms with Gasteiger partial charge in [-0.3, -0.25) is 4.79 Å². The maximum absolute atomic E-state index is 15.9. The van der Waals surface area contributed by atoms with Gasteiger partial charge in [-0.15, -0.1) is 0 Å².